The smallest absolute Gasteiger partial charge is 0.303 e. The van der Waals surface area contributed by atoms with Crippen LogP contribution in [-0.2, 0) is 71.4 Å². The zero-order valence-electron chi connectivity index (χ0n) is 29.1. The van der Waals surface area contributed by atoms with E-state index in [4.69, 9.17) is 42.6 Å². The monoisotopic (exact) mass is 711 g/mol. The standard InChI is InChI=1S/C32H45N3O15/c1-8-9-10-11-24(48-28-13-12-25(44-19(4)38)26(49-28)15-42-17(2)36)23-14-35(34-33-23)32-31(47-22(7)41)30(46-21(6)40)29(45-20(5)39)27(50-32)16-43-18(3)37/h12-14,24-32H,8-11,15-16H2,1-7H3/t24?,25-,26+,27+,28-,29+,30-,31+,32+/m0/s1. The first-order valence-electron chi connectivity index (χ1n) is 16.2. The summed E-state index contributed by atoms with van der Waals surface area (Å²) >= 11 is 0. The number of rotatable bonds is 16. The quantitative estimate of drug-likeness (QED) is 0.104. The van der Waals surface area contributed by atoms with Crippen molar-refractivity contribution in [2.75, 3.05) is 13.2 Å². The molecule has 1 aromatic heterocycles. The predicted molar refractivity (Wildman–Crippen MR) is 165 cm³/mol. The lowest BCUT2D eigenvalue weighted by atomic mass is 9.97. The molecule has 9 atom stereocenters. The highest BCUT2D eigenvalue weighted by atomic mass is 16.7. The van der Waals surface area contributed by atoms with Crippen LogP contribution in [0.3, 0.4) is 0 Å². The van der Waals surface area contributed by atoms with E-state index in [0.29, 0.717) is 12.1 Å². The molecule has 0 radical (unpaired) electrons. The van der Waals surface area contributed by atoms with Gasteiger partial charge in [-0.3, -0.25) is 28.8 Å². The molecule has 0 aromatic carbocycles. The SMILES string of the molecule is CCCCCC(O[C@@H]1C=C[C@H](OC(C)=O)[C@@H](COC(C)=O)O1)c1cn([C@@H]2O[C@H](COC(C)=O)[C@@H](OC(C)=O)[C@H](OC(C)=O)[C@H]2OC(C)=O)nn1. The van der Waals surface area contributed by atoms with Crippen molar-refractivity contribution in [1.82, 2.24) is 15.0 Å². The van der Waals surface area contributed by atoms with Crippen LogP contribution >= 0.6 is 0 Å². The minimum atomic E-state index is -1.40. The molecule has 1 fully saturated rings. The molecule has 3 rings (SSSR count). The van der Waals surface area contributed by atoms with Crippen molar-refractivity contribution in [3.8, 4) is 0 Å². The van der Waals surface area contributed by atoms with E-state index in [2.05, 4.69) is 10.3 Å². The molecule has 0 N–H and O–H groups in total. The van der Waals surface area contributed by atoms with Gasteiger partial charge >= 0.3 is 35.8 Å². The van der Waals surface area contributed by atoms with Gasteiger partial charge in [0.25, 0.3) is 0 Å². The molecule has 0 amide bonds. The predicted octanol–water partition coefficient (Wildman–Crippen LogP) is 1.95. The number of unbranched alkanes of at least 4 members (excludes halogenated alkanes) is 2. The molecule has 18 nitrogen and oxygen atoms in total. The Morgan fingerprint density at radius 3 is 1.88 bits per heavy atom. The van der Waals surface area contributed by atoms with Crippen molar-refractivity contribution in [2.45, 2.75) is 129 Å². The van der Waals surface area contributed by atoms with E-state index >= 15 is 0 Å². The second-order valence-electron chi connectivity index (χ2n) is 11.6. The van der Waals surface area contributed by atoms with E-state index in [1.165, 1.54) is 31.6 Å². The van der Waals surface area contributed by atoms with Crippen LogP contribution in [0.1, 0.15) is 92.2 Å². The van der Waals surface area contributed by atoms with Gasteiger partial charge < -0.3 is 42.6 Å². The molecular weight excluding hydrogens is 666 g/mol. The molecule has 0 aliphatic carbocycles. The van der Waals surface area contributed by atoms with Gasteiger partial charge in [0.15, 0.2) is 30.8 Å². The molecule has 2 aliphatic heterocycles. The van der Waals surface area contributed by atoms with Crippen molar-refractivity contribution in [3.63, 3.8) is 0 Å². The Morgan fingerprint density at radius 1 is 0.720 bits per heavy atom. The van der Waals surface area contributed by atoms with E-state index in [0.717, 1.165) is 40.0 Å². The van der Waals surface area contributed by atoms with Crippen molar-refractivity contribution in [2.24, 2.45) is 0 Å². The minimum Gasteiger partial charge on any atom is -0.463 e. The minimum absolute atomic E-state index is 0.197. The number of hydrogen-bond donors (Lipinski definition) is 0. The van der Waals surface area contributed by atoms with Crippen LogP contribution in [0.5, 0.6) is 0 Å². The zero-order chi connectivity index (χ0) is 37.0. The normalized spacial score (nSPS) is 26.6. The summed E-state index contributed by atoms with van der Waals surface area (Å²) in [5, 5.41) is 8.52. The molecule has 0 bridgehead atoms. The van der Waals surface area contributed by atoms with Gasteiger partial charge in [0.2, 0.25) is 0 Å². The summed E-state index contributed by atoms with van der Waals surface area (Å²) in [7, 11) is 0. The fraction of sp³-hybridized carbons (Fsp3) is 0.688. The average Bonchev–Trinajstić information content (AvgIpc) is 3.50. The molecule has 1 unspecified atom stereocenters. The summed E-state index contributed by atoms with van der Waals surface area (Å²) in [5.41, 5.74) is 0.324. The van der Waals surface area contributed by atoms with Gasteiger partial charge in [-0.15, -0.1) is 5.10 Å². The second-order valence-corrected chi connectivity index (χ2v) is 11.6. The molecule has 50 heavy (non-hydrogen) atoms. The van der Waals surface area contributed by atoms with Crippen molar-refractivity contribution in [1.29, 1.82) is 0 Å². The number of carbonyl (C=O) groups excluding carboxylic acids is 6. The molecule has 1 aromatic rings. The van der Waals surface area contributed by atoms with E-state index in [1.54, 1.807) is 12.2 Å². The van der Waals surface area contributed by atoms with E-state index in [-0.39, 0.29) is 6.61 Å². The molecule has 0 spiro atoms. The highest BCUT2D eigenvalue weighted by molar-refractivity contribution is 5.69. The molecule has 278 valence electrons. The summed E-state index contributed by atoms with van der Waals surface area (Å²) < 4.78 is 51.8. The summed E-state index contributed by atoms with van der Waals surface area (Å²) in [6, 6.07) is 0. The summed E-state index contributed by atoms with van der Waals surface area (Å²) in [5.74, 6) is -4.04. The Balaban J connectivity index is 1.97. The Hall–Kier alpha value is -4.42. The van der Waals surface area contributed by atoms with Crippen molar-refractivity contribution in [3.05, 3.63) is 24.0 Å². The van der Waals surface area contributed by atoms with Crippen LogP contribution in [0.2, 0.25) is 0 Å². The number of carbonyl (C=O) groups is 6. The zero-order valence-corrected chi connectivity index (χ0v) is 29.1. The average molecular weight is 712 g/mol. The van der Waals surface area contributed by atoms with Gasteiger partial charge in [-0.05, 0) is 18.6 Å². The summed E-state index contributed by atoms with van der Waals surface area (Å²) in [6.45, 7) is 8.49. The molecule has 0 saturated carbocycles. The Labute approximate surface area is 288 Å². The first kappa shape index (κ1) is 40.0. The second kappa shape index (κ2) is 19.1. The molecular formula is C32H45N3O15. The molecule has 1 saturated heterocycles. The largest absolute Gasteiger partial charge is 0.463 e. The Kier molecular flexibility index (Phi) is 15.3. The van der Waals surface area contributed by atoms with Gasteiger partial charge in [-0.2, -0.15) is 0 Å². The number of aromatic nitrogens is 3. The number of ether oxygens (including phenoxy) is 9. The van der Waals surface area contributed by atoms with Crippen LogP contribution < -0.4 is 0 Å². The van der Waals surface area contributed by atoms with Gasteiger partial charge in [0.1, 0.15) is 43.3 Å². The molecule has 3 heterocycles. The van der Waals surface area contributed by atoms with Crippen molar-refractivity contribution < 1.29 is 71.4 Å². The van der Waals surface area contributed by atoms with Gasteiger partial charge in [0, 0.05) is 41.5 Å². The third-order valence-electron chi connectivity index (χ3n) is 7.34. The van der Waals surface area contributed by atoms with E-state index in [9.17, 15) is 28.8 Å². The van der Waals surface area contributed by atoms with Gasteiger partial charge in [0.05, 0.1) is 6.20 Å². The molecule has 2 aliphatic rings. The number of hydrogen-bond acceptors (Lipinski definition) is 17. The summed E-state index contributed by atoms with van der Waals surface area (Å²) in [6.07, 6.45) is -2.36. The van der Waals surface area contributed by atoms with Gasteiger partial charge in [-0.25, -0.2) is 4.68 Å². The summed E-state index contributed by atoms with van der Waals surface area (Å²) in [4.78, 5) is 71.4. The fourth-order valence-corrected chi connectivity index (χ4v) is 5.35. The van der Waals surface area contributed by atoms with E-state index in [1.807, 2.05) is 6.92 Å². The molecule has 18 heteroatoms. The fourth-order valence-electron chi connectivity index (χ4n) is 5.35. The number of nitrogens with zero attached hydrogens (tertiary/aromatic N) is 3. The Bertz CT molecular complexity index is 1380. The maximum atomic E-state index is 12.3. The van der Waals surface area contributed by atoms with Crippen LogP contribution in [0.4, 0.5) is 0 Å². The lowest BCUT2D eigenvalue weighted by Crippen LogP contribution is -2.60. The first-order chi connectivity index (χ1) is 23.7. The van der Waals surface area contributed by atoms with Crippen LogP contribution in [0.25, 0.3) is 0 Å². The topological polar surface area (TPSA) is 216 Å². The number of esters is 6. The van der Waals surface area contributed by atoms with E-state index < -0.39 is 97.7 Å². The third kappa shape index (κ3) is 12.2. The lowest BCUT2D eigenvalue weighted by Gasteiger charge is -2.44. The highest BCUT2D eigenvalue weighted by Gasteiger charge is 2.53. The van der Waals surface area contributed by atoms with Crippen LogP contribution in [0.15, 0.2) is 18.3 Å². The first-order valence-corrected chi connectivity index (χ1v) is 16.2. The third-order valence-corrected chi connectivity index (χ3v) is 7.34. The van der Waals surface area contributed by atoms with Crippen LogP contribution in [-0.4, -0.2) is 107 Å². The maximum Gasteiger partial charge on any atom is 0.303 e. The lowest BCUT2D eigenvalue weighted by molar-refractivity contribution is -0.270. The van der Waals surface area contributed by atoms with Crippen molar-refractivity contribution >= 4 is 35.8 Å². The van der Waals surface area contributed by atoms with Gasteiger partial charge in [-0.1, -0.05) is 31.4 Å². The maximum absolute atomic E-state index is 12.3. The van der Waals surface area contributed by atoms with Crippen LogP contribution in [0, 0.1) is 0 Å². The highest BCUT2D eigenvalue weighted by Crippen LogP contribution is 2.35. The Morgan fingerprint density at radius 2 is 1.30 bits per heavy atom.